The number of carbonyl (C=O) groups excluding carboxylic acids is 3. The quantitative estimate of drug-likeness (QED) is 0.240. The van der Waals surface area contributed by atoms with Crippen molar-refractivity contribution in [3.8, 4) is 0 Å². The molecule has 0 aliphatic carbocycles. The maximum atomic E-state index is 13.5. The van der Waals surface area contributed by atoms with E-state index in [9.17, 15) is 14.4 Å². The fourth-order valence-electron chi connectivity index (χ4n) is 3.99. The summed E-state index contributed by atoms with van der Waals surface area (Å²) in [6.07, 6.45) is 6.30. The zero-order valence-electron chi connectivity index (χ0n) is 20.9. The SMILES string of the molecule is C=CCCCOC(=O)N[C@@H](CCCC)C(=O)N1C[C@H](OCc2cccc(C=C)c2)C[C@H]1C(=O)OC. The zero-order valence-corrected chi connectivity index (χ0v) is 20.9. The molecule has 1 aromatic rings. The number of ether oxygens (including phenoxy) is 3. The number of hydrogen-bond donors (Lipinski definition) is 1. The molecule has 2 amide bonds. The molecule has 0 radical (unpaired) electrons. The number of rotatable bonds is 14. The van der Waals surface area contributed by atoms with Gasteiger partial charge in [0.25, 0.3) is 0 Å². The molecule has 8 heteroatoms. The van der Waals surface area contributed by atoms with Gasteiger partial charge in [0.05, 0.1) is 26.4 Å². The molecule has 0 saturated carbocycles. The maximum Gasteiger partial charge on any atom is 0.407 e. The number of hydrogen-bond acceptors (Lipinski definition) is 6. The first-order chi connectivity index (χ1) is 16.9. The first-order valence-electron chi connectivity index (χ1n) is 12.2. The molecule has 1 aliphatic heterocycles. The van der Waals surface area contributed by atoms with Crippen LogP contribution in [0.2, 0.25) is 0 Å². The molecular weight excluding hydrogens is 448 g/mol. The molecule has 35 heavy (non-hydrogen) atoms. The fourth-order valence-corrected chi connectivity index (χ4v) is 3.99. The zero-order chi connectivity index (χ0) is 25.6. The predicted octanol–water partition coefficient (Wildman–Crippen LogP) is 4.24. The van der Waals surface area contributed by atoms with Crippen LogP contribution in [-0.4, -0.2) is 61.3 Å². The van der Waals surface area contributed by atoms with Crippen LogP contribution in [0.15, 0.2) is 43.5 Å². The highest BCUT2D eigenvalue weighted by atomic mass is 16.5. The number of nitrogens with zero attached hydrogens (tertiary/aromatic N) is 1. The largest absolute Gasteiger partial charge is 0.467 e. The third-order valence-electron chi connectivity index (χ3n) is 5.91. The summed E-state index contributed by atoms with van der Waals surface area (Å²) in [5.74, 6) is -0.837. The monoisotopic (exact) mass is 486 g/mol. The number of carbonyl (C=O) groups is 3. The van der Waals surface area contributed by atoms with Crippen LogP contribution in [0, 0.1) is 0 Å². The highest BCUT2D eigenvalue weighted by Crippen LogP contribution is 2.24. The van der Waals surface area contributed by atoms with E-state index in [4.69, 9.17) is 14.2 Å². The summed E-state index contributed by atoms with van der Waals surface area (Å²) < 4.78 is 16.2. The molecule has 0 unspecified atom stereocenters. The third-order valence-corrected chi connectivity index (χ3v) is 5.91. The molecule has 3 atom stereocenters. The molecular formula is C27H38N2O6. The Kier molecular flexibility index (Phi) is 12.0. The Bertz CT molecular complexity index is 871. The third kappa shape index (κ3) is 8.87. The van der Waals surface area contributed by atoms with Gasteiger partial charge in [0, 0.05) is 13.0 Å². The van der Waals surface area contributed by atoms with E-state index in [0.29, 0.717) is 25.9 Å². The van der Waals surface area contributed by atoms with Crippen LogP contribution in [-0.2, 0) is 30.4 Å². The smallest absolute Gasteiger partial charge is 0.407 e. The lowest BCUT2D eigenvalue weighted by Crippen LogP contribution is -2.52. The fraction of sp³-hybridized carbons (Fsp3) is 0.519. The molecule has 2 rings (SSSR count). The van der Waals surface area contributed by atoms with Crippen molar-refractivity contribution in [2.75, 3.05) is 20.3 Å². The lowest BCUT2D eigenvalue weighted by atomic mass is 10.1. The predicted molar refractivity (Wildman–Crippen MR) is 134 cm³/mol. The lowest BCUT2D eigenvalue weighted by molar-refractivity contribution is -0.151. The minimum Gasteiger partial charge on any atom is -0.467 e. The number of esters is 1. The molecule has 1 aromatic carbocycles. The topological polar surface area (TPSA) is 94.2 Å². The molecule has 1 saturated heterocycles. The average Bonchev–Trinajstić information content (AvgIpc) is 3.31. The number of benzene rings is 1. The van der Waals surface area contributed by atoms with Crippen molar-refractivity contribution in [2.24, 2.45) is 0 Å². The Hall–Kier alpha value is -3.13. The van der Waals surface area contributed by atoms with Crippen LogP contribution in [0.1, 0.15) is 56.6 Å². The van der Waals surface area contributed by atoms with Crippen LogP contribution < -0.4 is 5.32 Å². The Labute approximate surface area is 208 Å². The van der Waals surface area contributed by atoms with E-state index in [1.54, 1.807) is 12.2 Å². The van der Waals surface area contributed by atoms with Crippen molar-refractivity contribution < 1.29 is 28.6 Å². The second-order valence-electron chi connectivity index (χ2n) is 8.55. The summed E-state index contributed by atoms with van der Waals surface area (Å²) in [5, 5.41) is 2.69. The van der Waals surface area contributed by atoms with Gasteiger partial charge < -0.3 is 24.4 Å². The van der Waals surface area contributed by atoms with Gasteiger partial charge in [-0.15, -0.1) is 6.58 Å². The molecule has 0 aromatic heterocycles. The van der Waals surface area contributed by atoms with Gasteiger partial charge in [-0.05, 0) is 36.5 Å². The molecule has 1 heterocycles. The Morgan fingerprint density at radius 1 is 1.26 bits per heavy atom. The van der Waals surface area contributed by atoms with E-state index in [2.05, 4.69) is 18.5 Å². The van der Waals surface area contributed by atoms with Gasteiger partial charge in [-0.3, -0.25) is 4.79 Å². The molecule has 0 spiro atoms. The first kappa shape index (κ1) is 28.1. The van der Waals surface area contributed by atoms with Crippen LogP contribution in [0.25, 0.3) is 6.08 Å². The van der Waals surface area contributed by atoms with Gasteiger partial charge in [0.2, 0.25) is 5.91 Å². The van der Waals surface area contributed by atoms with Gasteiger partial charge in [-0.1, -0.05) is 56.7 Å². The molecule has 0 bridgehead atoms. The molecule has 192 valence electrons. The highest BCUT2D eigenvalue weighted by Gasteiger charge is 2.43. The van der Waals surface area contributed by atoms with Crippen molar-refractivity contribution in [2.45, 2.75) is 70.2 Å². The molecule has 1 N–H and O–H groups in total. The molecule has 1 aliphatic rings. The van der Waals surface area contributed by atoms with Crippen LogP contribution in [0.3, 0.4) is 0 Å². The molecule has 1 fully saturated rings. The van der Waals surface area contributed by atoms with E-state index in [1.165, 1.54) is 12.0 Å². The van der Waals surface area contributed by atoms with E-state index in [0.717, 1.165) is 30.4 Å². The number of likely N-dealkylation sites (tertiary alicyclic amines) is 1. The van der Waals surface area contributed by atoms with Crippen molar-refractivity contribution in [3.05, 3.63) is 54.6 Å². The summed E-state index contributed by atoms with van der Waals surface area (Å²) in [7, 11) is 1.30. The van der Waals surface area contributed by atoms with Crippen molar-refractivity contribution >= 4 is 24.0 Å². The minimum atomic E-state index is -0.794. The number of alkyl carbamates (subject to hydrolysis) is 1. The standard InChI is InChI=1S/C27H38N2O6/c1-5-8-10-15-34-27(32)28-23(14-9-6-2)25(30)29-18-22(17-24(29)26(31)33-4)35-19-21-13-11-12-20(7-3)16-21/h5,7,11-13,16,22-24H,1,3,6,8-10,14-15,17-19H2,2,4H3,(H,28,32)/t22-,23+,24+/m1/s1. The number of amides is 2. The first-order valence-corrected chi connectivity index (χ1v) is 12.2. The van der Waals surface area contributed by atoms with Gasteiger partial charge in [-0.25, -0.2) is 9.59 Å². The van der Waals surface area contributed by atoms with Gasteiger partial charge in [0.15, 0.2) is 0 Å². The summed E-state index contributed by atoms with van der Waals surface area (Å²) in [4.78, 5) is 39.7. The minimum absolute atomic E-state index is 0.235. The summed E-state index contributed by atoms with van der Waals surface area (Å²) in [6.45, 7) is 10.2. The van der Waals surface area contributed by atoms with Gasteiger partial charge in [0.1, 0.15) is 12.1 Å². The number of nitrogens with one attached hydrogen (secondary N) is 1. The average molecular weight is 487 g/mol. The van der Waals surface area contributed by atoms with Crippen molar-refractivity contribution in [3.63, 3.8) is 0 Å². The van der Waals surface area contributed by atoms with E-state index in [1.807, 2.05) is 31.2 Å². The number of allylic oxidation sites excluding steroid dienone is 1. The van der Waals surface area contributed by atoms with Crippen molar-refractivity contribution in [1.82, 2.24) is 10.2 Å². The van der Waals surface area contributed by atoms with Gasteiger partial charge >= 0.3 is 12.1 Å². The highest BCUT2D eigenvalue weighted by molar-refractivity contribution is 5.90. The Morgan fingerprint density at radius 3 is 2.74 bits per heavy atom. The van der Waals surface area contributed by atoms with Crippen LogP contribution in [0.5, 0.6) is 0 Å². The molecule has 8 nitrogen and oxygen atoms in total. The van der Waals surface area contributed by atoms with E-state index in [-0.39, 0.29) is 25.2 Å². The van der Waals surface area contributed by atoms with E-state index < -0.39 is 24.1 Å². The normalized spacial score (nSPS) is 17.9. The Morgan fingerprint density at radius 2 is 2.06 bits per heavy atom. The second-order valence-corrected chi connectivity index (χ2v) is 8.55. The number of methoxy groups -OCH3 is 1. The van der Waals surface area contributed by atoms with E-state index >= 15 is 0 Å². The lowest BCUT2D eigenvalue weighted by Gasteiger charge is -2.27. The van der Waals surface area contributed by atoms with Crippen molar-refractivity contribution in [1.29, 1.82) is 0 Å². The van der Waals surface area contributed by atoms with Crippen LogP contribution >= 0.6 is 0 Å². The Balaban J connectivity index is 2.06. The maximum absolute atomic E-state index is 13.5. The summed E-state index contributed by atoms with van der Waals surface area (Å²) in [5.41, 5.74) is 1.96. The van der Waals surface area contributed by atoms with Crippen LogP contribution in [0.4, 0.5) is 4.79 Å². The second kappa shape index (κ2) is 15.0. The van der Waals surface area contributed by atoms with Gasteiger partial charge in [-0.2, -0.15) is 0 Å². The summed E-state index contributed by atoms with van der Waals surface area (Å²) >= 11 is 0. The summed E-state index contributed by atoms with van der Waals surface area (Å²) in [6, 6.07) is 6.25. The number of unbranched alkanes of at least 4 members (excludes halogenated alkanes) is 2.